The molecule has 10 heteroatoms. The first kappa shape index (κ1) is 23.8. The number of rotatable bonds is 5. The Kier molecular flexibility index (Phi) is 6.67. The zero-order chi connectivity index (χ0) is 24.6. The third-order valence-electron chi connectivity index (χ3n) is 5.66. The summed E-state index contributed by atoms with van der Waals surface area (Å²) in [7, 11) is 3.02. The van der Waals surface area contributed by atoms with E-state index in [-0.39, 0.29) is 23.4 Å². The molecular formula is C24H21BrClN3O5. The normalized spacial score (nSPS) is 17.8. The van der Waals surface area contributed by atoms with Crippen molar-refractivity contribution in [2.75, 3.05) is 20.1 Å². The van der Waals surface area contributed by atoms with Gasteiger partial charge >= 0.3 is 0 Å². The number of phenolic OH excluding ortho intramolecular Hbond substituents is 1. The minimum absolute atomic E-state index is 0.0430. The van der Waals surface area contributed by atoms with Gasteiger partial charge in [-0.2, -0.15) is 4.99 Å². The van der Waals surface area contributed by atoms with Gasteiger partial charge in [0.2, 0.25) is 0 Å². The van der Waals surface area contributed by atoms with Crippen molar-refractivity contribution in [1.29, 1.82) is 5.41 Å². The second kappa shape index (κ2) is 9.52. The van der Waals surface area contributed by atoms with Gasteiger partial charge in [-0.1, -0.05) is 24.3 Å². The molecule has 3 aromatic carbocycles. The van der Waals surface area contributed by atoms with Crippen LogP contribution in [0.15, 0.2) is 51.9 Å². The summed E-state index contributed by atoms with van der Waals surface area (Å²) in [6.45, 7) is 0. The summed E-state index contributed by atoms with van der Waals surface area (Å²) in [5.41, 5.74) is 7.27. The average molecular weight is 547 g/mol. The molecule has 8 nitrogen and oxygen atoms in total. The minimum atomic E-state index is -0.989. The van der Waals surface area contributed by atoms with E-state index in [4.69, 9.17) is 37.0 Å². The van der Waals surface area contributed by atoms with Crippen LogP contribution in [-0.2, 0) is 4.79 Å². The van der Waals surface area contributed by atoms with E-state index in [1.165, 1.54) is 14.2 Å². The highest BCUT2D eigenvalue weighted by molar-refractivity contribution is 9.10. The van der Waals surface area contributed by atoms with E-state index in [0.717, 1.165) is 10.8 Å². The van der Waals surface area contributed by atoms with Crippen LogP contribution >= 0.6 is 27.5 Å². The van der Waals surface area contributed by atoms with Crippen LogP contribution in [0.4, 0.5) is 0 Å². The van der Waals surface area contributed by atoms with Crippen molar-refractivity contribution in [1.82, 2.24) is 0 Å². The predicted octanol–water partition coefficient (Wildman–Crippen LogP) is 4.57. The zero-order valence-corrected chi connectivity index (χ0v) is 20.6. The van der Waals surface area contributed by atoms with Gasteiger partial charge in [0, 0.05) is 16.9 Å². The molecule has 34 heavy (non-hydrogen) atoms. The van der Waals surface area contributed by atoms with Gasteiger partial charge in [0.05, 0.1) is 18.7 Å². The molecule has 0 aromatic heterocycles. The van der Waals surface area contributed by atoms with Crippen molar-refractivity contribution in [2.45, 2.75) is 5.92 Å². The number of methoxy groups -OCH3 is 2. The SMILES string of the molecule is COc1cc(C2c3c(O)cc4ccccc4c3OC(=N)C2C(N)=NC(=O)CCl)cc(Br)c1OC. The largest absolute Gasteiger partial charge is 0.507 e. The van der Waals surface area contributed by atoms with Crippen LogP contribution in [-0.4, -0.2) is 42.8 Å². The molecule has 1 amide bonds. The molecule has 1 aliphatic rings. The Balaban J connectivity index is 2.05. The van der Waals surface area contributed by atoms with Crippen LogP contribution in [0, 0.1) is 11.3 Å². The number of nitrogens with two attached hydrogens (primary N) is 1. The van der Waals surface area contributed by atoms with Crippen LogP contribution in [0.3, 0.4) is 0 Å². The number of amidine groups is 1. The number of carbonyl (C=O) groups excluding carboxylic acids is 1. The molecule has 2 unspecified atom stereocenters. The molecule has 0 radical (unpaired) electrons. The maximum atomic E-state index is 11.9. The van der Waals surface area contributed by atoms with Crippen molar-refractivity contribution >= 4 is 55.9 Å². The first-order chi connectivity index (χ1) is 16.3. The summed E-state index contributed by atoms with van der Waals surface area (Å²) in [6, 6.07) is 12.5. The molecule has 0 fully saturated rings. The number of aromatic hydroxyl groups is 1. The molecule has 3 aromatic rings. The van der Waals surface area contributed by atoms with Gasteiger partial charge in [0.25, 0.3) is 5.91 Å². The van der Waals surface area contributed by atoms with E-state index in [2.05, 4.69) is 20.9 Å². The van der Waals surface area contributed by atoms with Crippen LogP contribution in [0.1, 0.15) is 17.0 Å². The monoisotopic (exact) mass is 545 g/mol. The fourth-order valence-electron chi connectivity index (χ4n) is 4.24. The molecule has 4 rings (SSSR count). The fourth-order valence-corrected chi connectivity index (χ4v) is 4.92. The first-order valence-electron chi connectivity index (χ1n) is 10.2. The Labute approximate surface area is 208 Å². The lowest BCUT2D eigenvalue weighted by Gasteiger charge is -2.35. The molecular weight excluding hydrogens is 526 g/mol. The summed E-state index contributed by atoms with van der Waals surface area (Å²) in [5, 5.41) is 21.3. The van der Waals surface area contributed by atoms with Gasteiger partial charge in [-0.25, -0.2) is 0 Å². The summed E-state index contributed by atoms with van der Waals surface area (Å²) >= 11 is 9.12. The van der Waals surface area contributed by atoms with Gasteiger partial charge < -0.3 is 25.1 Å². The van der Waals surface area contributed by atoms with Gasteiger partial charge in [0.15, 0.2) is 17.4 Å². The van der Waals surface area contributed by atoms with E-state index >= 15 is 0 Å². The first-order valence-corrected chi connectivity index (χ1v) is 11.5. The van der Waals surface area contributed by atoms with Crippen molar-refractivity contribution < 1.29 is 24.1 Å². The molecule has 1 aliphatic heterocycles. The van der Waals surface area contributed by atoms with E-state index < -0.39 is 17.7 Å². The van der Waals surface area contributed by atoms with E-state index in [0.29, 0.717) is 32.8 Å². The Hall–Kier alpha value is -3.30. The maximum absolute atomic E-state index is 11.9. The molecule has 0 bridgehead atoms. The van der Waals surface area contributed by atoms with Crippen molar-refractivity contribution in [3.8, 4) is 23.0 Å². The number of alkyl halides is 1. The lowest BCUT2D eigenvalue weighted by atomic mass is 9.76. The van der Waals surface area contributed by atoms with Gasteiger partial charge in [-0.15, -0.1) is 11.6 Å². The average Bonchev–Trinajstić information content (AvgIpc) is 2.82. The third-order valence-corrected chi connectivity index (χ3v) is 6.48. The number of fused-ring (bicyclic) bond motifs is 3. The van der Waals surface area contributed by atoms with E-state index in [1.807, 2.05) is 24.3 Å². The Bertz CT molecular complexity index is 1340. The van der Waals surface area contributed by atoms with Crippen LogP contribution in [0.2, 0.25) is 0 Å². The number of benzene rings is 3. The highest BCUT2D eigenvalue weighted by Gasteiger charge is 2.42. The Morgan fingerprint density at radius 1 is 1.26 bits per heavy atom. The van der Waals surface area contributed by atoms with Gasteiger partial charge in [-0.3, -0.25) is 10.2 Å². The number of hydrogen-bond acceptors (Lipinski definition) is 6. The summed E-state index contributed by atoms with van der Waals surface area (Å²) in [4.78, 5) is 15.8. The number of amides is 1. The van der Waals surface area contributed by atoms with Crippen molar-refractivity contribution in [3.05, 3.63) is 58.1 Å². The number of aliphatic imine (C=N–C) groups is 1. The molecule has 0 saturated heterocycles. The number of nitrogens with zero attached hydrogens (tertiary/aromatic N) is 1. The van der Waals surface area contributed by atoms with Crippen LogP contribution in [0.5, 0.6) is 23.0 Å². The lowest BCUT2D eigenvalue weighted by Crippen LogP contribution is -2.41. The number of hydrogen-bond donors (Lipinski definition) is 3. The Morgan fingerprint density at radius 2 is 2.00 bits per heavy atom. The Morgan fingerprint density at radius 3 is 2.68 bits per heavy atom. The third kappa shape index (κ3) is 4.05. The molecule has 1 heterocycles. The number of halogens is 2. The molecule has 0 aliphatic carbocycles. The number of ether oxygens (including phenoxy) is 3. The number of carbonyl (C=O) groups is 1. The minimum Gasteiger partial charge on any atom is -0.507 e. The van der Waals surface area contributed by atoms with Crippen molar-refractivity contribution in [3.63, 3.8) is 0 Å². The predicted molar refractivity (Wildman–Crippen MR) is 134 cm³/mol. The van der Waals surface area contributed by atoms with Crippen LogP contribution in [0.25, 0.3) is 10.8 Å². The summed E-state index contributed by atoms with van der Waals surface area (Å²) in [5.74, 6) is -1.89. The fraction of sp³-hybridized carbons (Fsp3) is 0.208. The van der Waals surface area contributed by atoms with Gasteiger partial charge in [0.1, 0.15) is 29.1 Å². The van der Waals surface area contributed by atoms with Crippen LogP contribution < -0.4 is 19.9 Å². The summed E-state index contributed by atoms with van der Waals surface area (Å²) < 4.78 is 17.4. The molecule has 0 spiro atoms. The van der Waals surface area contributed by atoms with Crippen molar-refractivity contribution in [2.24, 2.45) is 16.6 Å². The maximum Gasteiger partial charge on any atom is 0.262 e. The molecule has 0 saturated carbocycles. The smallest absolute Gasteiger partial charge is 0.262 e. The number of nitrogens with one attached hydrogen (secondary N) is 1. The highest BCUT2D eigenvalue weighted by atomic mass is 79.9. The zero-order valence-electron chi connectivity index (χ0n) is 18.3. The molecule has 176 valence electrons. The highest BCUT2D eigenvalue weighted by Crippen LogP contribution is 2.51. The second-order valence-electron chi connectivity index (χ2n) is 7.58. The standard InChI is InChI=1S/C24H21BrClN3O5/c1-32-16-9-12(7-14(25)22(16)33-2)18-19-15(30)8-11-5-3-4-6-13(11)21(19)34-24(28)20(18)23(27)29-17(31)10-26/h3-9,18,20,28,30H,10H2,1-2H3,(H2,27,29,31). The van der Waals surface area contributed by atoms with E-state index in [9.17, 15) is 9.90 Å². The summed E-state index contributed by atoms with van der Waals surface area (Å²) in [6.07, 6.45) is 0. The topological polar surface area (TPSA) is 127 Å². The van der Waals surface area contributed by atoms with Gasteiger partial charge in [-0.05, 0) is 45.1 Å². The van der Waals surface area contributed by atoms with E-state index in [1.54, 1.807) is 18.2 Å². The quantitative estimate of drug-likeness (QED) is 0.244. The molecule has 2 atom stereocenters. The number of phenols is 1. The molecule has 4 N–H and O–H groups in total. The second-order valence-corrected chi connectivity index (χ2v) is 8.71. The lowest BCUT2D eigenvalue weighted by molar-refractivity contribution is -0.115.